The number of hydrogen-bond donors (Lipinski definition) is 1. The van der Waals surface area contributed by atoms with Crippen LogP contribution in [0.25, 0.3) is 0 Å². The van der Waals surface area contributed by atoms with E-state index in [2.05, 4.69) is 5.32 Å². The second-order valence-corrected chi connectivity index (χ2v) is 11.0. The van der Waals surface area contributed by atoms with Crippen molar-refractivity contribution >= 4 is 50.7 Å². The summed E-state index contributed by atoms with van der Waals surface area (Å²) in [4.78, 5) is 28.0. The molecule has 202 valence electrons. The highest BCUT2D eigenvalue weighted by molar-refractivity contribution is 7.92. The third kappa shape index (κ3) is 6.78. The first kappa shape index (κ1) is 29.3. The van der Waals surface area contributed by atoms with Crippen molar-refractivity contribution < 1.29 is 22.7 Å². The van der Waals surface area contributed by atoms with Crippen LogP contribution in [-0.2, 0) is 26.2 Å². The molecule has 0 saturated carbocycles. The monoisotopic (exact) mass is 577 g/mol. The summed E-state index contributed by atoms with van der Waals surface area (Å²) >= 11 is 12.6. The zero-order valence-corrected chi connectivity index (χ0v) is 23.6. The molecular formula is C27H29Cl2N3O5S. The summed E-state index contributed by atoms with van der Waals surface area (Å²) in [7, 11) is -1.20. The summed E-state index contributed by atoms with van der Waals surface area (Å²) in [6.07, 6.45) is 0.310. The Morgan fingerprint density at radius 3 is 2.24 bits per heavy atom. The first-order chi connectivity index (χ1) is 18.1. The molecule has 0 aliphatic heterocycles. The van der Waals surface area contributed by atoms with E-state index in [1.807, 2.05) is 0 Å². The van der Waals surface area contributed by atoms with E-state index >= 15 is 0 Å². The maximum Gasteiger partial charge on any atom is 0.264 e. The summed E-state index contributed by atoms with van der Waals surface area (Å²) in [5, 5.41) is 2.94. The van der Waals surface area contributed by atoms with Gasteiger partial charge in [-0.05, 0) is 54.4 Å². The number of rotatable bonds is 11. The molecule has 3 aromatic carbocycles. The Balaban J connectivity index is 2.08. The molecule has 2 amide bonds. The quantitative estimate of drug-likeness (QED) is 0.354. The molecule has 1 atom stereocenters. The maximum atomic E-state index is 13.9. The number of anilines is 1. The fraction of sp³-hybridized carbons (Fsp3) is 0.259. The van der Waals surface area contributed by atoms with Gasteiger partial charge in [0.15, 0.2) is 0 Å². The summed E-state index contributed by atoms with van der Waals surface area (Å²) < 4.78 is 33.7. The predicted molar refractivity (Wildman–Crippen MR) is 149 cm³/mol. The van der Waals surface area contributed by atoms with Crippen molar-refractivity contribution in [1.82, 2.24) is 10.2 Å². The summed E-state index contributed by atoms with van der Waals surface area (Å²) in [5.74, 6) is -0.319. The average Bonchev–Trinajstić information content (AvgIpc) is 2.93. The molecule has 38 heavy (non-hydrogen) atoms. The van der Waals surface area contributed by atoms with Gasteiger partial charge in [0, 0.05) is 18.6 Å². The molecule has 0 aliphatic rings. The molecule has 0 bridgehead atoms. The Labute approximate surface area is 233 Å². The first-order valence-electron chi connectivity index (χ1n) is 11.8. The Bertz CT molecular complexity index is 1370. The highest BCUT2D eigenvalue weighted by Crippen LogP contribution is 2.33. The fourth-order valence-electron chi connectivity index (χ4n) is 3.92. The van der Waals surface area contributed by atoms with Gasteiger partial charge in [-0.15, -0.1) is 0 Å². The lowest BCUT2D eigenvalue weighted by Gasteiger charge is -2.33. The van der Waals surface area contributed by atoms with Crippen LogP contribution in [0, 0.1) is 0 Å². The van der Waals surface area contributed by atoms with E-state index in [-0.39, 0.29) is 33.1 Å². The van der Waals surface area contributed by atoms with Crippen LogP contribution >= 0.6 is 23.2 Å². The van der Waals surface area contributed by atoms with Gasteiger partial charge in [0.25, 0.3) is 10.0 Å². The number of sulfonamides is 1. The zero-order valence-electron chi connectivity index (χ0n) is 21.2. The SMILES string of the molecule is CC[C@@H](C(=O)NC)N(Cc1ccc(OC)cc1)C(=O)CN(c1cc(Cl)ccc1Cl)S(=O)(=O)c1ccccc1. The lowest BCUT2D eigenvalue weighted by atomic mass is 10.1. The van der Waals surface area contributed by atoms with Crippen LogP contribution in [0.2, 0.25) is 10.0 Å². The topological polar surface area (TPSA) is 96.0 Å². The Morgan fingerprint density at radius 2 is 1.66 bits per heavy atom. The number of carbonyl (C=O) groups excluding carboxylic acids is 2. The van der Waals surface area contributed by atoms with Gasteiger partial charge in [0.2, 0.25) is 11.8 Å². The number of ether oxygens (including phenoxy) is 1. The molecule has 3 rings (SSSR count). The molecule has 0 fully saturated rings. The van der Waals surface area contributed by atoms with Crippen LogP contribution in [0.3, 0.4) is 0 Å². The number of likely N-dealkylation sites (N-methyl/N-ethyl adjacent to an activating group) is 1. The van der Waals surface area contributed by atoms with E-state index in [4.69, 9.17) is 27.9 Å². The summed E-state index contributed by atoms with van der Waals surface area (Å²) in [5.41, 5.74) is 0.786. The van der Waals surface area contributed by atoms with Crippen LogP contribution in [-0.4, -0.2) is 51.9 Å². The zero-order chi connectivity index (χ0) is 27.9. The Kier molecular flexibility index (Phi) is 10.0. The molecule has 1 N–H and O–H groups in total. The second-order valence-electron chi connectivity index (χ2n) is 8.33. The van der Waals surface area contributed by atoms with E-state index in [1.165, 1.54) is 42.3 Å². The van der Waals surface area contributed by atoms with E-state index in [0.717, 1.165) is 9.87 Å². The molecule has 0 aromatic heterocycles. The predicted octanol–water partition coefficient (Wildman–Crippen LogP) is 4.75. The van der Waals surface area contributed by atoms with Crippen LogP contribution < -0.4 is 14.4 Å². The lowest BCUT2D eigenvalue weighted by molar-refractivity contribution is -0.140. The molecule has 8 nitrogen and oxygen atoms in total. The third-order valence-electron chi connectivity index (χ3n) is 5.93. The second kappa shape index (κ2) is 13.0. The smallest absolute Gasteiger partial charge is 0.264 e. The lowest BCUT2D eigenvalue weighted by Crippen LogP contribution is -2.51. The fourth-order valence-corrected chi connectivity index (χ4v) is 5.81. The van der Waals surface area contributed by atoms with Crippen molar-refractivity contribution in [3.8, 4) is 5.75 Å². The standard InChI is InChI=1S/C27H29Cl2N3O5S/c1-4-24(27(34)30-2)31(17-19-10-13-21(37-3)14-11-19)26(33)18-32(25-16-20(28)12-15-23(25)29)38(35,36)22-8-6-5-7-9-22/h5-16,24H,4,17-18H2,1-3H3,(H,30,34)/t24-/m0/s1. The van der Waals surface area contributed by atoms with Gasteiger partial charge in [-0.3, -0.25) is 13.9 Å². The number of nitrogens with zero attached hydrogens (tertiary/aromatic N) is 2. The summed E-state index contributed by atoms with van der Waals surface area (Å²) in [6.45, 7) is 1.23. The van der Waals surface area contributed by atoms with Crippen molar-refractivity contribution in [2.45, 2.75) is 30.8 Å². The van der Waals surface area contributed by atoms with Gasteiger partial charge in [-0.1, -0.05) is 60.5 Å². The van der Waals surface area contributed by atoms with Gasteiger partial charge >= 0.3 is 0 Å². The number of amides is 2. The first-order valence-corrected chi connectivity index (χ1v) is 14.0. The van der Waals surface area contributed by atoms with E-state index in [1.54, 1.807) is 56.5 Å². The van der Waals surface area contributed by atoms with E-state index in [9.17, 15) is 18.0 Å². The molecule has 3 aromatic rings. The van der Waals surface area contributed by atoms with Crippen molar-refractivity contribution in [3.63, 3.8) is 0 Å². The number of carbonyl (C=O) groups is 2. The Morgan fingerprint density at radius 1 is 1.00 bits per heavy atom. The maximum absolute atomic E-state index is 13.9. The van der Waals surface area contributed by atoms with Gasteiger partial charge in [-0.25, -0.2) is 8.42 Å². The minimum absolute atomic E-state index is 0.0242. The highest BCUT2D eigenvalue weighted by atomic mass is 35.5. The van der Waals surface area contributed by atoms with Crippen molar-refractivity contribution in [1.29, 1.82) is 0 Å². The van der Waals surface area contributed by atoms with Gasteiger partial charge in [-0.2, -0.15) is 0 Å². The van der Waals surface area contributed by atoms with Gasteiger partial charge in [0.1, 0.15) is 18.3 Å². The Hall–Kier alpha value is -3.27. The van der Waals surface area contributed by atoms with E-state index in [0.29, 0.717) is 12.2 Å². The van der Waals surface area contributed by atoms with Crippen molar-refractivity contribution in [2.75, 3.05) is 25.0 Å². The van der Waals surface area contributed by atoms with Crippen LogP contribution in [0.4, 0.5) is 5.69 Å². The number of halogens is 2. The van der Waals surface area contributed by atoms with Crippen molar-refractivity contribution in [2.24, 2.45) is 0 Å². The van der Waals surface area contributed by atoms with Crippen LogP contribution in [0.1, 0.15) is 18.9 Å². The molecule has 0 saturated heterocycles. The van der Waals surface area contributed by atoms with Crippen LogP contribution in [0.5, 0.6) is 5.75 Å². The van der Waals surface area contributed by atoms with Gasteiger partial charge in [0.05, 0.1) is 22.7 Å². The minimum Gasteiger partial charge on any atom is -0.497 e. The van der Waals surface area contributed by atoms with Gasteiger partial charge < -0.3 is 15.0 Å². The molecular weight excluding hydrogens is 549 g/mol. The molecule has 11 heteroatoms. The normalized spacial score (nSPS) is 11.9. The number of hydrogen-bond acceptors (Lipinski definition) is 5. The molecule has 0 heterocycles. The number of nitrogens with one attached hydrogen (secondary N) is 1. The average molecular weight is 579 g/mol. The number of benzene rings is 3. The summed E-state index contributed by atoms with van der Waals surface area (Å²) in [6, 6.07) is 18.3. The van der Waals surface area contributed by atoms with Crippen LogP contribution in [0.15, 0.2) is 77.7 Å². The van der Waals surface area contributed by atoms with E-state index < -0.39 is 28.5 Å². The molecule has 0 unspecified atom stereocenters. The van der Waals surface area contributed by atoms with Crippen molar-refractivity contribution in [3.05, 3.63) is 88.4 Å². The molecule has 0 spiro atoms. The minimum atomic E-state index is -4.24. The highest BCUT2D eigenvalue weighted by Gasteiger charge is 2.34. The third-order valence-corrected chi connectivity index (χ3v) is 8.26. The molecule has 0 radical (unpaired) electrons. The largest absolute Gasteiger partial charge is 0.497 e. The molecule has 0 aliphatic carbocycles. The number of methoxy groups -OCH3 is 1.